The molecule has 0 aliphatic heterocycles. The van der Waals surface area contributed by atoms with Crippen LogP contribution in [0, 0.1) is 0 Å². The van der Waals surface area contributed by atoms with E-state index in [0.717, 1.165) is 42.2 Å². The number of hydrogen-bond donors (Lipinski definition) is 0. The minimum Gasteiger partial charge on any atom is -0.497 e. The average molecular weight is 299 g/mol. The summed E-state index contributed by atoms with van der Waals surface area (Å²) in [5.41, 5.74) is 2.16. The van der Waals surface area contributed by atoms with Crippen molar-refractivity contribution in [3.05, 3.63) is 24.0 Å². The van der Waals surface area contributed by atoms with Crippen molar-refractivity contribution in [1.29, 1.82) is 0 Å². The minimum absolute atomic E-state index is 0.600. The van der Waals surface area contributed by atoms with Gasteiger partial charge in [0.05, 0.1) is 18.1 Å². The highest BCUT2D eigenvalue weighted by molar-refractivity contribution is 7.98. The first kappa shape index (κ1) is 14.5. The first-order chi connectivity index (χ1) is 9.30. The second kappa shape index (κ2) is 7.06. The highest BCUT2D eigenvalue weighted by atomic mass is 35.5. The highest BCUT2D eigenvalue weighted by Crippen LogP contribution is 2.22. The van der Waals surface area contributed by atoms with E-state index in [0.29, 0.717) is 5.88 Å². The standard InChI is InChI=1S/C14H19ClN2OS/c1-18-11-4-5-13-12(10-11)16-14(6-7-15)17(13)8-3-9-19-2/h4-5,10H,3,6-9H2,1-2H3. The molecule has 0 fully saturated rings. The van der Waals surface area contributed by atoms with Gasteiger partial charge in [-0.1, -0.05) is 0 Å². The van der Waals surface area contributed by atoms with Gasteiger partial charge in [-0.3, -0.25) is 0 Å². The van der Waals surface area contributed by atoms with Crippen molar-refractivity contribution in [3.8, 4) is 5.75 Å². The van der Waals surface area contributed by atoms with Crippen LogP contribution in [0.4, 0.5) is 0 Å². The molecule has 0 unspecified atom stereocenters. The van der Waals surface area contributed by atoms with Crippen molar-refractivity contribution >= 4 is 34.4 Å². The van der Waals surface area contributed by atoms with E-state index in [1.165, 1.54) is 5.52 Å². The number of halogens is 1. The number of benzene rings is 1. The quantitative estimate of drug-likeness (QED) is 0.577. The van der Waals surface area contributed by atoms with E-state index in [9.17, 15) is 0 Å². The van der Waals surface area contributed by atoms with Gasteiger partial charge in [-0.2, -0.15) is 11.8 Å². The van der Waals surface area contributed by atoms with Crippen LogP contribution in [-0.2, 0) is 13.0 Å². The number of imidazole rings is 1. The van der Waals surface area contributed by atoms with Crippen LogP contribution >= 0.6 is 23.4 Å². The van der Waals surface area contributed by atoms with Gasteiger partial charge in [0.2, 0.25) is 0 Å². The van der Waals surface area contributed by atoms with E-state index < -0.39 is 0 Å². The molecule has 1 aromatic carbocycles. The molecule has 0 radical (unpaired) electrons. The maximum absolute atomic E-state index is 5.87. The van der Waals surface area contributed by atoms with Crippen molar-refractivity contribution in [3.63, 3.8) is 0 Å². The molecule has 0 atom stereocenters. The van der Waals surface area contributed by atoms with Gasteiger partial charge < -0.3 is 9.30 Å². The lowest BCUT2D eigenvalue weighted by Crippen LogP contribution is -2.05. The van der Waals surface area contributed by atoms with Gasteiger partial charge in [0, 0.05) is 24.9 Å². The lowest BCUT2D eigenvalue weighted by molar-refractivity contribution is 0.415. The summed E-state index contributed by atoms with van der Waals surface area (Å²) in [6.07, 6.45) is 4.09. The van der Waals surface area contributed by atoms with Gasteiger partial charge in [-0.15, -0.1) is 11.6 Å². The zero-order valence-electron chi connectivity index (χ0n) is 11.4. The number of alkyl halides is 1. The lowest BCUT2D eigenvalue weighted by atomic mass is 10.3. The Kier molecular flexibility index (Phi) is 5.40. The predicted octanol–water partition coefficient (Wildman–Crippen LogP) is 3.58. The van der Waals surface area contributed by atoms with Crippen molar-refractivity contribution in [1.82, 2.24) is 9.55 Å². The van der Waals surface area contributed by atoms with Crippen molar-refractivity contribution in [2.24, 2.45) is 0 Å². The van der Waals surface area contributed by atoms with E-state index in [4.69, 9.17) is 16.3 Å². The predicted molar refractivity (Wildman–Crippen MR) is 83.7 cm³/mol. The second-order valence-electron chi connectivity index (χ2n) is 4.32. The van der Waals surface area contributed by atoms with Gasteiger partial charge in [0.1, 0.15) is 11.6 Å². The molecule has 1 heterocycles. The Hall–Kier alpha value is -0.870. The number of hydrogen-bond acceptors (Lipinski definition) is 3. The number of nitrogens with zero attached hydrogens (tertiary/aromatic N) is 2. The Balaban J connectivity index is 2.35. The molecule has 104 valence electrons. The summed E-state index contributed by atoms with van der Waals surface area (Å²) in [6.45, 7) is 0.996. The molecule has 0 bridgehead atoms. The fraction of sp³-hybridized carbons (Fsp3) is 0.500. The van der Waals surface area contributed by atoms with E-state index in [-0.39, 0.29) is 0 Å². The second-order valence-corrected chi connectivity index (χ2v) is 5.68. The third kappa shape index (κ3) is 3.37. The van der Waals surface area contributed by atoms with Gasteiger partial charge >= 0.3 is 0 Å². The van der Waals surface area contributed by atoms with Gasteiger partial charge in [0.15, 0.2) is 0 Å². The van der Waals surface area contributed by atoms with E-state index in [2.05, 4.69) is 21.9 Å². The van der Waals surface area contributed by atoms with Crippen LogP contribution in [0.5, 0.6) is 5.75 Å². The summed E-state index contributed by atoms with van der Waals surface area (Å²) >= 11 is 7.75. The molecule has 2 aromatic rings. The third-order valence-corrected chi connectivity index (χ3v) is 3.97. The van der Waals surface area contributed by atoms with E-state index >= 15 is 0 Å². The Labute approximate surface area is 123 Å². The lowest BCUT2D eigenvalue weighted by Gasteiger charge is -2.08. The molecular formula is C14H19ClN2OS. The smallest absolute Gasteiger partial charge is 0.121 e. The molecule has 1 aromatic heterocycles. The van der Waals surface area contributed by atoms with Crippen LogP contribution in [-0.4, -0.2) is 34.5 Å². The Morgan fingerprint density at radius 2 is 2.26 bits per heavy atom. The fourth-order valence-corrected chi connectivity index (χ4v) is 2.77. The van der Waals surface area contributed by atoms with Gasteiger partial charge in [-0.25, -0.2) is 4.98 Å². The monoisotopic (exact) mass is 298 g/mol. The molecule has 0 aliphatic carbocycles. The summed E-state index contributed by atoms with van der Waals surface area (Å²) in [5.74, 6) is 3.68. The zero-order chi connectivity index (χ0) is 13.7. The number of aromatic nitrogens is 2. The summed E-state index contributed by atoms with van der Waals surface area (Å²) in [4.78, 5) is 4.68. The molecule has 0 N–H and O–H groups in total. The Morgan fingerprint density at radius 3 is 2.95 bits per heavy atom. The van der Waals surface area contributed by atoms with Crippen LogP contribution < -0.4 is 4.74 Å². The highest BCUT2D eigenvalue weighted by Gasteiger charge is 2.10. The van der Waals surface area contributed by atoms with Crippen LogP contribution in [0.3, 0.4) is 0 Å². The molecule has 2 rings (SSSR count). The molecule has 0 saturated heterocycles. The number of rotatable bonds is 7. The fourth-order valence-electron chi connectivity index (χ4n) is 2.18. The number of methoxy groups -OCH3 is 1. The van der Waals surface area contributed by atoms with Crippen molar-refractivity contribution in [2.45, 2.75) is 19.4 Å². The van der Waals surface area contributed by atoms with E-state index in [1.807, 2.05) is 23.9 Å². The molecule has 0 amide bonds. The topological polar surface area (TPSA) is 27.1 Å². The molecular weight excluding hydrogens is 280 g/mol. The summed E-state index contributed by atoms with van der Waals surface area (Å²) < 4.78 is 7.54. The minimum atomic E-state index is 0.600. The molecule has 3 nitrogen and oxygen atoms in total. The zero-order valence-corrected chi connectivity index (χ0v) is 12.9. The summed E-state index contributed by atoms with van der Waals surface area (Å²) in [5, 5.41) is 0. The van der Waals surface area contributed by atoms with Crippen LogP contribution in [0.15, 0.2) is 18.2 Å². The number of aryl methyl sites for hydroxylation is 2. The molecule has 0 saturated carbocycles. The largest absolute Gasteiger partial charge is 0.497 e. The first-order valence-electron chi connectivity index (χ1n) is 6.38. The summed E-state index contributed by atoms with van der Waals surface area (Å²) in [7, 11) is 1.68. The normalized spacial score (nSPS) is 11.1. The van der Waals surface area contributed by atoms with Crippen LogP contribution in [0.1, 0.15) is 12.2 Å². The molecule has 0 aliphatic rings. The molecule has 5 heteroatoms. The molecule has 0 spiro atoms. The van der Waals surface area contributed by atoms with Gasteiger partial charge in [0.25, 0.3) is 0 Å². The number of fused-ring (bicyclic) bond motifs is 1. The maximum Gasteiger partial charge on any atom is 0.121 e. The molecule has 19 heavy (non-hydrogen) atoms. The SMILES string of the molecule is COc1ccc2c(c1)nc(CCCl)n2CCCSC. The van der Waals surface area contributed by atoms with Crippen molar-refractivity contribution < 1.29 is 4.74 Å². The maximum atomic E-state index is 5.87. The summed E-state index contributed by atoms with van der Waals surface area (Å²) in [6, 6.07) is 6.05. The number of thioether (sulfide) groups is 1. The van der Waals surface area contributed by atoms with Crippen LogP contribution in [0.25, 0.3) is 11.0 Å². The Morgan fingerprint density at radius 1 is 1.42 bits per heavy atom. The van der Waals surface area contributed by atoms with E-state index in [1.54, 1.807) is 7.11 Å². The van der Waals surface area contributed by atoms with Gasteiger partial charge in [-0.05, 0) is 30.6 Å². The number of ether oxygens (including phenoxy) is 1. The van der Waals surface area contributed by atoms with Crippen molar-refractivity contribution in [2.75, 3.05) is 25.0 Å². The average Bonchev–Trinajstić information content (AvgIpc) is 2.76. The third-order valence-electron chi connectivity index (χ3n) is 3.08. The Bertz CT molecular complexity index is 541. The first-order valence-corrected chi connectivity index (χ1v) is 8.31. The van der Waals surface area contributed by atoms with Crippen LogP contribution in [0.2, 0.25) is 0 Å².